The molecule has 3 nitrogen and oxygen atoms in total. The van der Waals surface area contributed by atoms with Crippen LogP contribution in [0.4, 0.5) is 0 Å². The third kappa shape index (κ3) is 1.27. The molecule has 1 atom stereocenters. The Labute approximate surface area is 74.1 Å². The molecule has 12 heavy (non-hydrogen) atoms. The molecule has 1 unspecified atom stereocenters. The van der Waals surface area contributed by atoms with Crippen molar-refractivity contribution < 1.29 is 4.79 Å². The van der Waals surface area contributed by atoms with Gasteiger partial charge in [0, 0.05) is 5.54 Å². The van der Waals surface area contributed by atoms with Crippen molar-refractivity contribution in [3.8, 4) is 0 Å². The maximum absolute atomic E-state index is 10.8. The molecule has 3 heteroatoms. The molecule has 0 radical (unpaired) electrons. The topological polar surface area (TPSA) is 32.3 Å². The van der Waals surface area contributed by atoms with E-state index in [1.54, 1.807) is 0 Å². The van der Waals surface area contributed by atoms with Gasteiger partial charge in [-0.25, -0.2) is 0 Å². The van der Waals surface area contributed by atoms with E-state index in [0.717, 1.165) is 6.29 Å². The lowest BCUT2D eigenvalue weighted by atomic mass is 9.98. The van der Waals surface area contributed by atoms with Gasteiger partial charge in [0.25, 0.3) is 0 Å². The fourth-order valence-corrected chi connectivity index (χ4v) is 2.04. The number of nitrogens with zero attached hydrogens (tertiary/aromatic N) is 1. The minimum absolute atomic E-state index is 0.0347. The average Bonchev–Trinajstić information content (AvgIpc) is 1.98. The number of hydrogen-bond donors (Lipinski definition) is 1. The van der Waals surface area contributed by atoms with Crippen LogP contribution in [-0.4, -0.2) is 35.5 Å². The summed E-state index contributed by atoms with van der Waals surface area (Å²) in [7, 11) is 1.97. The lowest BCUT2D eigenvalue weighted by molar-refractivity contribution is -0.113. The second kappa shape index (κ2) is 2.54. The highest BCUT2D eigenvalue weighted by molar-refractivity contribution is 5.61. The van der Waals surface area contributed by atoms with Crippen molar-refractivity contribution in [2.45, 2.75) is 44.9 Å². The number of rotatable bonds is 1. The largest absolute Gasteiger partial charge is 0.302 e. The van der Waals surface area contributed by atoms with Crippen molar-refractivity contribution in [3.05, 3.63) is 0 Å². The van der Waals surface area contributed by atoms with E-state index in [1.165, 1.54) is 0 Å². The molecule has 0 aliphatic carbocycles. The van der Waals surface area contributed by atoms with Gasteiger partial charge in [0.1, 0.15) is 6.29 Å². The molecule has 0 amide bonds. The van der Waals surface area contributed by atoms with Crippen LogP contribution in [-0.2, 0) is 4.79 Å². The van der Waals surface area contributed by atoms with Crippen molar-refractivity contribution in [1.29, 1.82) is 0 Å². The molecular weight excluding hydrogens is 152 g/mol. The first-order valence-electron chi connectivity index (χ1n) is 4.29. The Morgan fingerprint density at radius 2 is 1.83 bits per heavy atom. The predicted molar refractivity (Wildman–Crippen MR) is 48.9 cm³/mol. The summed E-state index contributed by atoms with van der Waals surface area (Å²) in [6.07, 6.45) is 1.02. The van der Waals surface area contributed by atoms with E-state index in [4.69, 9.17) is 0 Å². The molecule has 1 rings (SSSR count). The monoisotopic (exact) mass is 170 g/mol. The molecule has 1 N–H and O–H groups in total. The van der Waals surface area contributed by atoms with Crippen molar-refractivity contribution in [2.75, 3.05) is 7.05 Å². The number of carbonyl (C=O) groups is 1. The van der Waals surface area contributed by atoms with Gasteiger partial charge in [-0.15, -0.1) is 0 Å². The Hall–Kier alpha value is -0.410. The Balaban J connectivity index is 2.95. The molecule has 1 saturated heterocycles. The standard InChI is InChI=1S/C9H18N2O/c1-8(2)7(6-12)11(5)9(3,4)10-8/h6-7,10H,1-5H3. The number of hydrogen-bond acceptors (Lipinski definition) is 3. The quantitative estimate of drug-likeness (QED) is 0.585. The first-order chi connectivity index (χ1) is 5.31. The van der Waals surface area contributed by atoms with Crippen LogP contribution in [0, 0.1) is 0 Å². The lowest BCUT2D eigenvalue weighted by Gasteiger charge is -2.28. The summed E-state index contributed by atoms with van der Waals surface area (Å²) in [6.45, 7) is 8.27. The molecule has 1 fully saturated rings. The maximum atomic E-state index is 10.8. The molecule has 0 bridgehead atoms. The lowest BCUT2D eigenvalue weighted by Crippen LogP contribution is -2.47. The van der Waals surface area contributed by atoms with Gasteiger partial charge < -0.3 is 4.79 Å². The number of carbonyl (C=O) groups excluding carboxylic acids is 1. The van der Waals surface area contributed by atoms with Crippen molar-refractivity contribution in [2.24, 2.45) is 0 Å². The summed E-state index contributed by atoms with van der Waals surface area (Å²) in [5.74, 6) is 0. The van der Waals surface area contributed by atoms with Gasteiger partial charge in [0.05, 0.1) is 11.7 Å². The van der Waals surface area contributed by atoms with E-state index >= 15 is 0 Å². The SMILES string of the molecule is CN1C(C=O)C(C)(C)NC1(C)C. The van der Waals surface area contributed by atoms with Crippen molar-refractivity contribution >= 4 is 6.29 Å². The first kappa shape index (κ1) is 9.68. The van der Waals surface area contributed by atoms with Crippen molar-refractivity contribution in [1.82, 2.24) is 10.2 Å². The molecule has 1 aliphatic rings. The zero-order chi connectivity index (χ0) is 9.57. The summed E-state index contributed by atoms with van der Waals surface area (Å²) in [5.41, 5.74) is -0.213. The average molecular weight is 170 g/mol. The van der Waals surface area contributed by atoms with Gasteiger partial charge in [-0.3, -0.25) is 10.2 Å². The Morgan fingerprint density at radius 1 is 1.33 bits per heavy atom. The molecule has 0 aromatic heterocycles. The minimum Gasteiger partial charge on any atom is -0.302 e. The summed E-state index contributed by atoms with van der Waals surface area (Å²) in [6, 6.07) is -0.0347. The molecule has 0 aromatic rings. The number of nitrogens with one attached hydrogen (secondary N) is 1. The second-order valence-electron chi connectivity index (χ2n) is 4.60. The van der Waals surface area contributed by atoms with Gasteiger partial charge in [-0.1, -0.05) is 0 Å². The van der Waals surface area contributed by atoms with Gasteiger partial charge in [-0.2, -0.15) is 0 Å². The zero-order valence-corrected chi connectivity index (χ0v) is 8.51. The zero-order valence-electron chi connectivity index (χ0n) is 8.51. The smallest absolute Gasteiger partial charge is 0.139 e. The highest BCUT2D eigenvalue weighted by atomic mass is 16.1. The fourth-order valence-electron chi connectivity index (χ4n) is 2.04. The number of likely N-dealkylation sites (N-methyl/N-ethyl adjacent to an activating group) is 1. The highest BCUT2D eigenvalue weighted by Crippen LogP contribution is 2.29. The predicted octanol–water partition coefficient (Wildman–Crippen LogP) is 0.604. The fraction of sp³-hybridized carbons (Fsp3) is 0.889. The minimum atomic E-state index is -0.125. The van der Waals surface area contributed by atoms with E-state index in [2.05, 4.69) is 37.9 Å². The van der Waals surface area contributed by atoms with Crippen LogP contribution in [0.2, 0.25) is 0 Å². The highest BCUT2D eigenvalue weighted by Gasteiger charge is 2.48. The molecule has 70 valence electrons. The first-order valence-corrected chi connectivity index (χ1v) is 4.29. The number of aldehydes is 1. The Bertz CT molecular complexity index is 199. The summed E-state index contributed by atoms with van der Waals surface area (Å²) < 4.78 is 0. The third-order valence-electron chi connectivity index (χ3n) is 2.80. The summed E-state index contributed by atoms with van der Waals surface area (Å²) >= 11 is 0. The van der Waals surface area contributed by atoms with Crippen LogP contribution in [0.15, 0.2) is 0 Å². The van der Waals surface area contributed by atoms with Gasteiger partial charge >= 0.3 is 0 Å². The second-order valence-corrected chi connectivity index (χ2v) is 4.60. The molecule has 1 heterocycles. The van der Waals surface area contributed by atoms with E-state index in [0.29, 0.717) is 0 Å². The molecule has 0 aromatic carbocycles. The van der Waals surface area contributed by atoms with Gasteiger partial charge in [-0.05, 0) is 34.7 Å². The van der Waals surface area contributed by atoms with Gasteiger partial charge in [0.2, 0.25) is 0 Å². The summed E-state index contributed by atoms with van der Waals surface area (Å²) in [4.78, 5) is 12.9. The van der Waals surface area contributed by atoms with E-state index in [-0.39, 0.29) is 17.2 Å². The van der Waals surface area contributed by atoms with Crippen LogP contribution in [0.5, 0.6) is 0 Å². The third-order valence-corrected chi connectivity index (χ3v) is 2.80. The molecule has 1 aliphatic heterocycles. The summed E-state index contributed by atoms with van der Waals surface area (Å²) in [5, 5.41) is 3.41. The van der Waals surface area contributed by atoms with E-state index < -0.39 is 0 Å². The molecule has 0 saturated carbocycles. The normalized spacial score (nSPS) is 33.6. The van der Waals surface area contributed by atoms with Crippen LogP contribution >= 0.6 is 0 Å². The van der Waals surface area contributed by atoms with E-state index in [9.17, 15) is 4.79 Å². The van der Waals surface area contributed by atoms with Crippen LogP contribution in [0.1, 0.15) is 27.7 Å². The molecule has 0 spiro atoms. The van der Waals surface area contributed by atoms with Crippen LogP contribution in [0.25, 0.3) is 0 Å². The maximum Gasteiger partial charge on any atom is 0.139 e. The van der Waals surface area contributed by atoms with Gasteiger partial charge in [0.15, 0.2) is 0 Å². The van der Waals surface area contributed by atoms with Crippen LogP contribution < -0.4 is 5.32 Å². The molecular formula is C9H18N2O. The Morgan fingerprint density at radius 3 is 2.00 bits per heavy atom. The Kier molecular flexibility index (Phi) is 2.05. The van der Waals surface area contributed by atoms with Crippen molar-refractivity contribution in [3.63, 3.8) is 0 Å². The van der Waals surface area contributed by atoms with E-state index in [1.807, 2.05) is 7.05 Å². The van der Waals surface area contributed by atoms with Crippen LogP contribution in [0.3, 0.4) is 0 Å².